The van der Waals surface area contributed by atoms with Crippen molar-refractivity contribution < 1.29 is 4.79 Å². The second-order valence-electron chi connectivity index (χ2n) is 4.78. The van der Waals surface area contributed by atoms with Crippen molar-refractivity contribution in [3.63, 3.8) is 0 Å². The van der Waals surface area contributed by atoms with Gasteiger partial charge in [-0.15, -0.1) is 0 Å². The van der Waals surface area contributed by atoms with Crippen molar-refractivity contribution in [1.82, 2.24) is 15.1 Å². The molecular weight excluding hydrogens is 202 g/mol. The molecule has 2 rings (SSSR count). The molecule has 2 saturated heterocycles. The summed E-state index contributed by atoms with van der Waals surface area (Å²) >= 11 is 0. The lowest BCUT2D eigenvalue weighted by atomic mass is 10.1. The van der Waals surface area contributed by atoms with Gasteiger partial charge in [-0.1, -0.05) is 6.92 Å². The quantitative estimate of drug-likeness (QED) is 0.699. The van der Waals surface area contributed by atoms with Gasteiger partial charge in [-0.3, -0.25) is 9.69 Å². The zero-order valence-corrected chi connectivity index (χ0v) is 10.2. The van der Waals surface area contributed by atoms with E-state index in [-0.39, 0.29) is 0 Å². The lowest BCUT2D eigenvalue weighted by Gasteiger charge is -2.37. The Bertz CT molecular complexity index is 244. The molecule has 16 heavy (non-hydrogen) atoms. The number of hydrogen-bond donors (Lipinski definition) is 1. The van der Waals surface area contributed by atoms with E-state index in [1.165, 1.54) is 19.4 Å². The zero-order chi connectivity index (χ0) is 11.4. The molecule has 0 bridgehead atoms. The minimum atomic E-state index is 0.326. The van der Waals surface area contributed by atoms with Crippen LogP contribution in [0.4, 0.5) is 0 Å². The molecule has 2 fully saturated rings. The molecule has 2 aliphatic heterocycles. The molecule has 0 spiro atoms. The number of fused-ring (bicyclic) bond motifs is 1. The number of rotatable bonds is 4. The van der Waals surface area contributed by atoms with Crippen LogP contribution >= 0.6 is 0 Å². The van der Waals surface area contributed by atoms with Crippen molar-refractivity contribution in [3.8, 4) is 0 Å². The van der Waals surface area contributed by atoms with Crippen LogP contribution in [0, 0.1) is 0 Å². The van der Waals surface area contributed by atoms with Crippen LogP contribution in [0.15, 0.2) is 0 Å². The first-order valence-electron chi connectivity index (χ1n) is 6.54. The molecule has 1 amide bonds. The minimum Gasteiger partial charge on any atom is -0.340 e. The van der Waals surface area contributed by atoms with Gasteiger partial charge in [0.2, 0.25) is 5.91 Å². The molecule has 4 heteroatoms. The number of piperazine rings is 1. The normalized spacial score (nSPS) is 25.8. The maximum Gasteiger partial charge on any atom is 0.223 e. The van der Waals surface area contributed by atoms with E-state index >= 15 is 0 Å². The van der Waals surface area contributed by atoms with E-state index in [4.69, 9.17) is 0 Å². The van der Waals surface area contributed by atoms with Crippen LogP contribution in [-0.2, 0) is 4.79 Å². The molecule has 0 saturated carbocycles. The first-order valence-corrected chi connectivity index (χ1v) is 6.54. The van der Waals surface area contributed by atoms with Crippen LogP contribution in [0.1, 0.15) is 26.2 Å². The molecule has 0 aliphatic carbocycles. The van der Waals surface area contributed by atoms with Gasteiger partial charge in [0.15, 0.2) is 0 Å². The predicted molar refractivity (Wildman–Crippen MR) is 64.3 cm³/mol. The largest absolute Gasteiger partial charge is 0.340 e. The van der Waals surface area contributed by atoms with Gasteiger partial charge >= 0.3 is 0 Å². The fraction of sp³-hybridized carbons (Fsp3) is 0.917. The maximum absolute atomic E-state index is 11.9. The summed E-state index contributed by atoms with van der Waals surface area (Å²) in [6.45, 7) is 8.06. The van der Waals surface area contributed by atoms with Crippen LogP contribution in [0.2, 0.25) is 0 Å². The third-order valence-electron chi connectivity index (χ3n) is 3.71. The minimum absolute atomic E-state index is 0.326. The Hall–Kier alpha value is -0.610. The van der Waals surface area contributed by atoms with E-state index in [2.05, 4.69) is 22.0 Å². The van der Waals surface area contributed by atoms with Gasteiger partial charge in [-0.05, 0) is 25.9 Å². The Balaban J connectivity index is 1.75. The van der Waals surface area contributed by atoms with Crippen LogP contribution in [0.3, 0.4) is 0 Å². The number of carbonyl (C=O) groups excluding carboxylic acids is 1. The number of carbonyl (C=O) groups is 1. The highest BCUT2D eigenvalue weighted by molar-refractivity contribution is 5.76. The van der Waals surface area contributed by atoms with Crippen LogP contribution in [0.25, 0.3) is 0 Å². The summed E-state index contributed by atoms with van der Waals surface area (Å²) in [6, 6.07) is 0.650. The summed E-state index contributed by atoms with van der Waals surface area (Å²) < 4.78 is 0. The summed E-state index contributed by atoms with van der Waals surface area (Å²) in [6.07, 6.45) is 3.24. The second kappa shape index (κ2) is 5.64. The molecule has 1 unspecified atom stereocenters. The summed E-state index contributed by atoms with van der Waals surface area (Å²) in [5.74, 6) is 0.326. The van der Waals surface area contributed by atoms with E-state index in [0.29, 0.717) is 18.4 Å². The first-order chi connectivity index (χ1) is 7.81. The van der Waals surface area contributed by atoms with Crippen molar-refractivity contribution in [1.29, 1.82) is 0 Å². The standard InChI is InChI=1S/C12H23N3O/c1-2-13-6-5-12(16)15-9-8-14-7-3-4-11(14)10-15/h11,13H,2-10H2,1H3. The van der Waals surface area contributed by atoms with Crippen LogP contribution in [0.5, 0.6) is 0 Å². The SMILES string of the molecule is CCNCCC(=O)N1CCN2CCCC2C1. The fourth-order valence-electron chi connectivity index (χ4n) is 2.75. The van der Waals surface area contributed by atoms with E-state index in [1.54, 1.807) is 0 Å². The Morgan fingerprint density at radius 3 is 3.06 bits per heavy atom. The average Bonchev–Trinajstić information content (AvgIpc) is 2.76. The van der Waals surface area contributed by atoms with Gasteiger partial charge in [0, 0.05) is 38.6 Å². The van der Waals surface area contributed by atoms with Crippen LogP contribution < -0.4 is 5.32 Å². The van der Waals surface area contributed by atoms with Crippen molar-refractivity contribution in [3.05, 3.63) is 0 Å². The molecule has 2 heterocycles. The second-order valence-corrected chi connectivity index (χ2v) is 4.78. The highest BCUT2D eigenvalue weighted by Gasteiger charge is 2.31. The summed E-state index contributed by atoms with van der Waals surface area (Å²) in [7, 11) is 0. The van der Waals surface area contributed by atoms with Crippen molar-refractivity contribution in [2.24, 2.45) is 0 Å². The lowest BCUT2D eigenvalue weighted by Crippen LogP contribution is -2.52. The molecule has 1 N–H and O–H groups in total. The maximum atomic E-state index is 11.9. The Morgan fingerprint density at radius 1 is 1.38 bits per heavy atom. The van der Waals surface area contributed by atoms with Gasteiger partial charge in [0.1, 0.15) is 0 Å². The molecule has 2 aliphatic rings. The number of nitrogens with zero attached hydrogens (tertiary/aromatic N) is 2. The molecule has 0 aromatic heterocycles. The van der Waals surface area contributed by atoms with Crippen LogP contribution in [-0.4, -0.2) is 61.0 Å². The highest BCUT2D eigenvalue weighted by atomic mass is 16.2. The van der Waals surface area contributed by atoms with E-state index < -0.39 is 0 Å². The topological polar surface area (TPSA) is 35.6 Å². The smallest absolute Gasteiger partial charge is 0.223 e. The molecule has 0 aromatic carbocycles. The predicted octanol–water partition coefficient (Wildman–Crippen LogP) is 0.293. The average molecular weight is 225 g/mol. The third-order valence-corrected chi connectivity index (χ3v) is 3.71. The first kappa shape index (κ1) is 11.9. The summed E-state index contributed by atoms with van der Waals surface area (Å²) in [5, 5.41) is 3.21. The van der Waals surface area contributed by atoms with Crippen molar-refractivity contribution in [2.75, 3.05) is 39.3 Å². The lowest BCUT2D eigenvalue weighted by molar-refractivity contribution is -0.133. The highest BCUT2D eigenvalue weighted by Crippen LogP contribution is 2.21. The number of hydrogen-bond acceptors (Lipinski definition) is 3. The Labute approximate surface area is 98.0 Å². The molecular formula is C12H23N3O. The number of amides is 1. The third kappa shape index (κ3) is 2.74. The van der Waals surface area contributed by atoms with Gasteiger partial charge < -0.3 is 10.2 Å². The Morgan fingerprint density at radius 2 is 2.25 bits per heavy atom. The molecule has 1 atom stereocenters. The number of nitrogens with one attached hydrogen (secondary N) is 1. The van der Waals surface area contributed by atoms with Gasteiger partial charge in [-0.2, -0.15) is 0 Å². The van der Waals surface area contributed by atoms with Gasteiger partial charge in [0.05, 0.1) is 0 Å². The van der Waals surface area contributed by atoms with Gasteiger partial charge in [0.25, 0.3) is 0 Å². The molecule has 4 nitrogen and oxygen atoms in total. The molecule has 0 radical (unpaired) electrons. The van der Waals surface area contributed by atoms with Crippen molar-refractivity contribution in [2.45, 2.75) is 32.2 Å². The monoisotopic (exact) mass is 225 g/mol. The van der Waals surface area contributed by atoms with Crippen molar-refractivity contribution >= 4 is 5.91 Å². The van der Waals surface area contributed by atoms with E-state index in [9.17, 15) is 4.79 Å². The van der Waals surface area contributed by atoms with Gasteiger partial charge in [-0.25, -0.2) is 0 Å². The molecule has 0 aromatic rings. The van der Waals surface area contributed by atoms with E-state index in [1.807, 2.05) is 0 Å². The summed E-state index contributed by atoms with van der Waals surface area (Å²) in [5.41, 5.74) is 0. The zero-order valence-electron chi connectivity index (χ0n) is 10.2. The van der Waals surface area contributed by atoms with E-state index in [0.717, 1.165) is 32.7 Å². The summed E-state index contributed by atoms with van der Waals surface area (Å²) in [4.78, 5) is 16.5. The fourth-order valence-corrected chi connectivity index (χ4v) is 2.75. The Kier molecular flexibility index (Phi) is 4.18. The molecule has 92 valence electrons.